The minimum Gasteiger partial charge on any atom is -0.481 e. The van der Waals surface area contributed by atoms with Crippen LogP contribution in [0.2, 0.25) is 0 Å². The summed E-state index contributed by atoms with van der Waals surface area (Å²) in [4.78, 5) is 4.43. The van der Waals surface area contributed by atoms with E-state index in [1.165, 1.54) is 5.56 Å². The van der Waals surface area contributed by atoms with Crippen molar-refractivity contribution in [2.45, 2.75) is 19.3 Å². The molecule has 1 rings (SSSR count). The minimum atomic E-state index is 0.668. The smallest absolute Gasteiger partial charge is 0.213 e. The van der Waals surface area contributed by atoms with Crippen molar-refractivity contribution in [3.63, 3.8) is 0 Å². The molecule has 0 saturated carbocycles. The van der Waals surface area contributed by atoms with Crippen molar-refractivity contribution in [3.05, 3.63) is 48.7 Å². The first-order valence-corrected chi connectivity index (χ1v) is 5.06. The van der Waals surface area contributed by atoms with Crippen LogP contribution in [0.3, 0.4) is 0 Å². The van der Waals surface area contributed by atoms with Crippen molar-refractivity contribution < 1.29 is 4.74 Å². The summed E-state index contributed by atoms with van der Waals surface area (Å²) in [5, 5.41) is 0. The van der Waals surface area contributed by atoms with Gasteiger partial charge >= 0.3 is 0 Å². The van der Waals surface area contributed by atoms with Gasteiger partial charge in [0, 0.05) is 11.8 Å². The van der Waals surface area contributed by atoms with Gasteiger partial charge in [-0.15, -0.1) is 13.2 Å². The molecule has 2 nitrogen and oxygen atoms in total. The average molecular weight is 203 g/mol. The first-order chi connectivity index (χ1) is 7.31. The van der Waals surface area contributed by atoms with Gasteiger partial charge in [0.15, 0.2) is 0 Å². The number of rotatable bonds is 6. The topological polar surface area (TPSA) is 22.1 Å². The molecule has 0 bridgehead atoms. The molecule has 0 amide bonds. The number of ether oxygens (including phenoxy) is 1. The first kappa shape index (κ1) is 11.5. The summed E-state index contributed by atoms with van der Waals surface area (Å²) in [5.74, 6) is 0.668. The molecule has 0 aromatic carbocycles. The zero-order valence-electron chi connectivity index (χ0n) is 9.20. The molecule has 0 unspecified atom stereocenters. The van der Waals surface area contributed by atoms with Gasteiger partial charge in [-0.1, -0.05) is 18.2 Å². The van der Waals surface area contributed by atoms with Crippen molar-refractivity contribution in [2.75, 3.05) is 7.11 Å². The van der Waals surface area contributed by atoms with E-state index >= 15 is 0 Å². The molecule has 0 aliphatic heterocycles. The van der Waals surface area contributed by atoms with Gasteiger partial charge in [0.1, 0.15) is 0 Å². The molecule has 0 saturated heterocycles. The van der Waals surface area contributed by atoms with E-state index in [2.05, 4.69) is 18.1 Å². The lowest BCUT2D eigenvalue weighted by atomic mass is 10.1. The number of methoxy groups -OCH3 is 1. The van der Waals surface area contributed by atoms with E-state index in [0.717, 1.165) is 25.0 Å². The third-order valence-corrected chi connectivity index (χ3v) is 2.20. The van der Waals surface area contributed by atoms with Crippen molar-refractivity contribution in [1.82, 2.24) is 4.98 Å². The van der Waals surface area contributed by atoms with E-state index in [-0.39, 0.29) is 0 Å². The van der Waals surface area contributed by atoms with E-state index < -0.39 is 0 Å². The second-order valence-corrected chi connectivity index (χ2v) is 3.28. The Morgan fingerprint density at radius 3 is 2.73 bits per heavy atom. The van der Waals surface area contributed by atoms with E-state index in [0.29, 0.717) is 5.88 Å². The van der Waals surface area contributed by atoms with Gasteiger partial charge in [-0.3, -0.25) is 0 Å². The van der Waals surface area contributed by atoms with E-state index in [1.54, 1.807) is 7.11 Å². The Bertz CT molecular complexity index is 344. The molecular weight excluding hydrogens is 186 g/mol. The Hall–Kier alpha value is -1.57. The van der Waals surface area contributed by atoms with Gasteiger partial charge < -0.3 is 4.74 Å². The quantitative estimate of drug-likeness (QED) is 0.663. The summed E-state index contributed by atoms with van der Waals surface area (Å²) < 4.78 is 5.11. The molecule has 1 aromatic rings. The Balaban J connectivity index is 2.92. The van der Waals surface area contributed by atoms with Crippen LogP contribution in [0, 0.1) is 0 Å². The predicted molar refractivity (Wildman–Crippen MR) is 63.2 cm³/mol. The van der Waals surface area contributed by atoms with E-state index in [4.69, 9.17) is 4.74 Å². The second-order valence-electron chi connectivity index (χ2n) is 3.28. The monoisotopic (exact) mass is 203 g/mol. The first-order valence-electron chi connectivity index (χ1n) is 5.06. The van der Waals surface area contributed by atoms with Crippen LogP contribution in [0.1, 0.15) is 17.7 Å². The molecule has 1 aromatic heterocycles. The molecule has 0 atom stereocenters. The lowest BCUT2D eigenvalue weighted by Crippen LogP contribution is -1.99. The van der Waals surface area contributed by atoms with Crippen LogP contribution >= 0.6 is 0 Å². The van der Waals surface area contributed by atoms with Crippen LogP contribution < -0.4 is 4.74 Å². The standard InChI is InChI=1S/C13H17NO/c1-4-6-8-12-11(7-5-2)9-10-13(14-12)15-3/h4-5,9-10H,1-2,6-8H2,3H3. The summed E-state index contributed by atoms with van der Waals surface area (Å²) in [6.07, 6.45) is 6.48. The zero-order valence-corrected chi connectivity index (χ0v) is 9.20. The fraction of sp³-hybridized carbons (Fsp3) is 0.308. The van der Waals surface area contributed by atoms with Gasteiger partial charge in [-0.2, -0.15) is 0 Å². The normalized spacial score (nSPS) is 9.67. The Morgan fingerprint density at radius 2 is 2.13 bits per heavy atom. The van der Waals surface area contributed by atoms with Gasteiger partial charge in [0.2, 0.25) is 5.88 Å². The average Bonchev–Trinajstić information content (AvgIpc) is 2.28. The Kier molecular flexibility index (Phi) is 4.61. The van der Waals surface area contributed by atoms with Gasteiger partial charge in [0.25, 0.3) is 0 Å². The summed E-state index contributed by atoms with van der Waals surface area (Å²) in [7, 11) is 1.63. The summed E-state index contributed by atoms with van der Waals surface area (Å²) in [5.41, 5.74) is 2.29. The van der Waals surface area contributed by atoms with Crippen LogP contribution in [0.15, 0.2) is 37.4 Å². The molecule has 15 heavy (non-hydrogen) atoms. The molecule has 0 radical (unpaired) electrons. The maximum atomic E-state index is 5.11. The fourth-order valence-electron chi connectivity index (χ4n) is 1.42. The Labute approximate surface area is 91.3 Å². The molecule has 0 aliphatic rings. The SMILES string of the molecule is C=CCCc1nc(OC)ccc1CC=C. The molecule has 0 spiro atoms. The van der Waals surface area contributed by atoms with Crippen molar-refractivity contribution in [2.24, 2.45) is 0 Å². The number of hydrogen-bond donors (Lipinski definition) is 0. The van der Waals surface area contributed by atoms with Gasteiger partial charge in [0.05, 0.1) is 7.11 Å². The third kappa shape index (κ3) is 3.24. The highest BCUT2D eigenvalue weighted by Crippen LogP contribution is 2.15. The number of hydrogen-bond acceptors (Lipinski definition) is 2. The second kappa shape index (κ2) is 6.02. The number of pyridine rings is 1. The molecule has 80 valence electrons. The van der Waals surface area contributed by atoms with E-state index in [9.17, 15) is 0 Å². The minimum absolute atomic E-state index is 0.668. The van der Waals surface area contributed by atoms with Crippen LogP contribution in [0.5, 0.6) is 5.88 Å². The molecule has 0 aliphatic carbocycles. The summed E-state index contributed by atoms with van der Waals surface area (Å²) >= 11 is 0. The van der Waals surface area contributed by atoms with Crippen LogP contribution in [0.4, 0.5) is 0 Å². The lowest BCUT2D eigenvalue weighted by molar-refractivity contribution is 0.396. The highest BCUT2D eigenvalue weighted by Gasteiger charge is 2.04. The third-order valence-electron chi connectivity index (χ3n) is 2.20. The molecule has 2 heteroatoms. The van der Waals surface area contributed by atoms with Crippen LogP contribution in [-0.4, -0.2) is 12.1 Å². The maximum Gasteiger partial charge on any atom is 0.213 e. The largest absolute Gasteiger partial charge is 0.481 e. The Morgan fingerprint density at radius 1 is 1.33 bits per heavy atom. The van der Waals surface area contributed by atoms with Crippen molar-refractivity contribution >= 4 is 0 Å². The van der Waals surface area contributed by atoms with Crippen LogP contribution in [0.25, 0.3) is 0 Å². The highest BCUT2D eigenvalue weighted by atomic mass is 16.5. The fourth-order valence-corrected chi connectivity index (χ4v) is 1.42. The van der Waals surface area contributed by atoms with Crippen molar-refractivity contribution in [1.29, 1.82) is 0 Å². The molecule has 0 N–H and O–H groups in total. The van der Waals surface area contributed by atoms with Gasteiger partial charge in [-0.05, 0) is 24.8 Å². The molecule has 1 heterocycles. The zero-order chi connectivity index (χ0) is 11.1. The van der Waals surface area contributed by atoms with Crippen LogP contribution in [-0.2, 0) is 12.8 Å². The lowest BCUT2D eigenvalue weighted by Gasteiger charge is -2.07. The summed E-state index contributed by atoms with van der Waals surface area (Å²) in [6, 6.07) is 3.93. The predicted octanol–water partition coefficient (Wildman–Crippen LogP) is 2.94. The number of nitrogens with zero attached hydrogens (tertiary/aromatic N) is 1. The maximum absolute atomic E-state index is 5.11. The number of allylic oxidation sites excluding steroid dienone is 2. The molecular formula is C13H17NO. The van der Waals surface area contributed by atoms with Gasteiger partial charge in [-0.25, -0.2) is 4.98 Å². The number of aromatic nitrogens is 1. The highest BCUT2D eigenvalue weighted by molar-refractivity contribution is 5.27. The van der Waals surface area contributed by atoms with Crippen molar-refractivity contribution in [3.8, 4) is 5.88 Å². The van der Waals surface area contributed by atoms with E-state index in [1.807, 2.05) is 24.3 Å². The summed E-state index contributed by atoms with van der Waals surface area (Å²) in [6.45, 7) is 7.46. The number of aryl methyl sites for hydroxylation is 1. The molecule has 0 fully saturated rings.